The van der Waals surface area contributed by atoms with Crippen molar-refractivity contribution in [2.75, 3.05) is 0 Å². The molecule has 0 saturated heterocycles. The summed E-state index contributed by atoms with van der Waals surface area (Å²) in [7, 11) is 0. The van der Waals surface area contributed by atoms with Crippen molar-refractivity contribution in [2.45, 2.75) is 39.2 Å². The quantitative estimate of drug-likeness (QED) is 0.780. The number of hydrogen-bond acceptors (Lipinski definition) is 3. The first-order valence-corrected chi connectivity index (χ1v) is 6.10. The maximum atomic E-state index is 9.04. The van der Waals surface area contributed by atoms with Gasteiger partial charge >= 0.3 is 0 Å². The van der Waals surface area contributed by atoms with Gasteiger partial charge in [0, 0.05) is 6.54 Å². The molecule has 1 saturated carbocycles. The highest BCUT2D eigenvalue weighted by Gasteiger charge is 2.21. The molecule has 1 fully saturated rings. The number of nitrogens with zero attached hydrogens (tertiary/aromatic N) is 4. The topological polar surface area (TPSA) is 65.4 Å². The number of rotatable bonds is 2. The molecule has 1 heterocycles. The van der Waals surface area contributed by atoms with E-state index >= 15 is 0 Å². The Morgan fingerprint density at radius 2 is 2.24 bits per heavy atom. The first kappa shape index (κ1) is 11.7. The summed E-state index contributed by atoms with van der Waals surface area (Å²) >= 11 is 0. The molecule has 17 heavy (non-hydrogen) atoms. The van der Waals surface area contributed by atoms with Gasteiger partial charge in [0.05, 0.1) is 6.33 Å². The van der Waals surface area contributed by atoms with Gasteiger partial charge in [0.2, 0.25) is 0 Å². The first-order valence-electron chi connectivity index (χ1n) is 6.10. The third-order valence-electron chi connectivity index (χ3n) is 3.55. The zero-order valence-corrected chi connectivity index (χ0v) is 10.1. The summed E-state index contributed by atoms with van der Waals surface area (Å²) in [6.07, 6.45) is 6.64. The van der Waals surface area contributed by atoms with E-state index in [9.17, 15) is 0 Å². The van der Waals surface area contributed by atoms with Crippen LogP contribution in [0.25, 0.3) is 0 Å². The standard InChI is InChI=1S/C13H16N4/c1-10-3-2-4-11(5-10)8-17-9-16-12(6-14)13(17)7-15/h9-11H,2-5,8H2,1H3/t10-,11-/m1/s1. The summed E-state index contributed by atoms with van der Waals surface area (Å²) in [6, 6.07) is 4.03. The summed E-state index contributed by atoms with van der Waals surface area (Å²) in [5.74, 6) is 1.39. The molecular formula is C13H16N4. The second-order valence-electron chi connectivity index (χ2n) is 4.96. The van der Waals surface area contributed by atoms with Gasteiger partial charge in [0.1, 0.15) is 12.1 Å². The molecule has 1 aromatic rings. The first-order chi connectivity index (χ1) is 8.24. The van der Waals surface area contributed by atoms with E-state index in [1.807, 2.05) is 10.6 Å². The van der Waals surface area contributed by atoms with Crippen LogP contribution < -0.4 is 0 Å². The minimum Gasteiger partial charge on any atom is -0.321 e. The highest BCUT2D eigenvalue weighted by Crippen LogP contribution is 2.29. The molecule has 0 spiro atoms. The molecule has 0 unspecified atom stereocenters. The molecule has 88 valence electrons. The monoisotopic (exact) mass is 228 g/mol. The van der Waals surface area contributed by atoms with E-state index < -0.39 is 0 Å². The van der Waals surface area contributed by atoms with Gasteiger partial charge in [-0.1, -0.05) is 19.8 Å². The molecule has 0 amide bonds. The summed E-state index contributed by atoms with van der Waals surface area (Å²) in [4.78, 5) is 3.97. The summed E-state index contributed by atoms with van der Waals surface area (Å²) < 4.78 is 1.83. The average Bonchev–Trinajstić information content (AvgIpc) is 2.71. The molecule has 1 aromatic heterocycles. The fourth-order valence-corrected chi connectivity index (χ4v) is 2.72. The Labute approximate surface area is 101 Å². The van der Waals surface area contributed by atoms with Crippen LogP contribution in [0, 0.1) is 34.5 Å². The van der Waals surface area contributed by atoms with Crippen molar-refractivity contribution in [2.24, 2.45) is 11.8 Å². The fourth-order valence-electron chi connectivity index (χ4n) is 2.72. The Balaban J connectivity index is 2.11. The zero-order chi connectivity index (χ0) is 12.3. The zero-order valence-electron chi connectivity index (χ0n) is 10.1. The van der Waals surface area contributed by atoms with Crippen molar-refractivity contribution in [1.82, 2.24) is 9.55 Å². The Kier molecular flexibility index (Phi) is 3.44. The van der Waals surface area contributed by atoms with Crippen LogP contribution in [-0.2, 0) is 6.54 Å². The minimum absolute atomic E-state index is 0.247. The van der Waals surface area contributed by atoms with Crippen LogP contribution in [0.5, 0.6) is 0 Å². The van der Waals surface area contributed by atoms with Crippen LogP contribution in [-0.4, -0.2) is 9.55 Å². The maximum absolute atomic E-state index is 9.04. The van der Waals surface area contributed by atoms with E-state index in [2.05, 4.69) is 18.0 Å². The van der Waals surface area contributed by atoms with E-state index in [4.69, 9.17) is 10.5 Å². The van der Waals surface area contributed by atoms with Gasteiger partial charge in [-0.2, -0.15) is 10.5 Å². The Morgan fingerprint density at radius 1 is 1.41 bits per heavy atom. The van der Waals surface area contributed by atoms with E-state index in [-0.39, 0.29) is 5.69 Å². The van der Waals surface area contributed by atoms with Crippen molar-refractivity contribution >= 4 is 0 Å². The van der Waals surface area contributed by atoms with Crippen molar-refractivity contribution in [3.63, 3.8) is 0 Å². The molecule has 0 aromatic carbocycles. The molecule has 0 aliphatic heterocycles. The third kappa shape index (κ3) is 2.47. The lowest BCUT2D eigenvalue weighted by Gasteiger charge is -2.26. The average molecular weight is 228 g/mol. The molecule has 0 N–H and O–H groups in total. The number of aromatic nitrogens is 2. The van der Waals surface area contributed by atoms with Crippen LogP contribution in [0.1, 0.15) is 44.0 Å². The third-order valence-corrected chi connectivity index (χ3v) is 3.55. The molecule has 2 atom stereocenters. The SMILES string of the molecule is C[C@@H]1CCC[C@@H](Cn2cnc(C#N)c2C#N)C1. The van der Waals surface area contributed by atoms with Gasteiger partial charge in [0.15, 0.2) is 11.4 Å². The van der Waals surface area contributed by atoms with Crippen molar-refractivity contribution < 1.29 is 0 Å². The predicted octanol–water partition coefficient (Wildman–Crippen LogP) is 2.45. The molecule has 0 bridgehead atoms. The van der Waals surface area contributed by atoms with Crippen molar-refractivity contribution in [3.8, 4) is 12.1 Å². The van der Waals surface area contributed by atoms with E-state index in [1.165, 1.54) is 25.7 Å². The van der Waals surface area contributed by atoms with Gasteiger partial charge in [-0.3, -0.25) is 0 Å². The Morgan fingerprint density at radius 3 is 2.88 bits per heavy atom. The van der Waals surface area contributed by atoms with Crippen LogP contribution in [0.3, 0.4) is 0 Å². The smallest absolute Gasteiger partial charge is 0.176 e. The van der Waals surface area contributed by atoms with E-state index in [0.29, 0.717) is 11.6 Å². The summed E-state index contributed by atoms with van der Waals surface area (Å²) in [5.41, 5.74) is 0.655. The van der Waals surface area contributed by atoms with Gasteiger partial charge in [-0.15, -0.1) is 0 Å². The van der Waals surface area contributed by atoms with Gasteiger partial charge in [0.25, 0.3) is 0 Å². The van der Waals surface area contributed by atoms with Crippen LogP contribution in [0.15, 0.2) is 6.33 Å². The van der Waals surface area contributed by atoms with Crippen LogP contribution in [0.2, 0.25) is 0 Å². The Hall–Kier alpha value is -1.81. The number of hydrogen-bond donors (Lipinski definition) is 0. The normalized spacial score (nSPS) is 23.9. The summed E-state index contributed by atoms with van der Waals surface area (Å²) in [5, 5.41) is 17.9. The molecule has 4 nitrogen and oxygen atoms in total. The maximum Gasteiger partial charge on any atom is 0.176 e. The fraction of sp³-hybridized carbons (Fsp3) is 0.615. The van der Waals surface area contributed by atoms with Gasteiger partial charge in [-0.25, -0.2) is 4.98 Å². The minimum atomic E-state index is 0.247. The molecular weight excluding hydrogens is 212 g/mol. The largest absolute Gasteiger partial charge is 0.321 e. The van der Waals surface area contributed by atoms with Gasteiger partial charge in [-0.05, 0) is 24.7 Å². The van der Waals surface area contributed by atoms with E-state index in [0.717, 1.165) is 12.5 Å². The lowest BCUT2D eigenvalue weighted by atomic mass is 9.82. The van der Waals surface area contributed by atoms with Crippen molar-refractivity contribution in [3.05, 3.63) is 17.7 Å². The lowest BCUT2D eigenvalue weighted by molar-refractivity contribution is 0.256. The second-order valence-corrected chi connectivity index (χ2v) is 4.96. The number of nitriles is 2. The molecule has 1 aliphatic rings. The van der Waals surface area contributed by atoms with Gasteiger partial charge < -0.3 is 4.57 Å². The molecule has 2 rings (SSSR count). The molecule has 4 heteroatoms. The van der Waals surface area contributed by atoms with Crippen molar-refractivity contribution in [1.29, 1.82) is 10.5 Å². The van der Waals surface area contributed by atoms with Crippen LogP contribution in [0.4, 0.5) is 0 Å². The predicted molar refractivity (Wildman–Crippen MR) is 62.8 cm³/mol. The Bertz CT molecular complexity index is 475. The second kappa shape index (κ2) is 5.01. The highest BCUT2D eigenvalue weighted by molar-refractivity contribution is 5.36. The molecule has 1 aliphatic carbocycles. The highest BCUT2D eigenvalue weighted by atomic mass is 15.1. The van der Waals surface area contributed by atoms with E-state index in [1.54, 1.807) is 6.33 Å². The van der Waals surface area contributed by atoms with Crippen LogP contribution >= 0.6 is 0 Å². The molecule has 0 radical (unpaired) electrons. The lowest BCUT2D eigenvalue weighted by Crippen LogP contribution is -2.19. The number of imidazole rings is 1. The summed E-state index contributed by atoms with van der Waals surface area (Å²) in [6.45, 7) is 3.11.